The van der Waals surface area contributed by atoms with E-state index in [2.05, 4.69) is 9.98 Å². The zero-order valence-corrected chi connectivity index (χ0v) is 15.5. The van der Waals surface area contributed by atoms with Crippen LogP contribution in [0.15, 0.2) is 34.1 Å². The lowest BCUT2D eigenvalue weighted by molar-refractivity contribution is 0.302. The third-order valence-corrected chi connectivity index (χ3v) is 5.55. The minimum Gasteiger partial charge on any atom is -0.494 e. The van der Waals surface area contributed by atoms with Gasteiger partial charge in [-0.25, -0.2) is 0 Å². The molecule has 6 heteroatoms. The second-order valence-electron chi connectivity index (χ2n) is 6.93. The summed E-state index contributed by atoms with van der Waals surface area (Å²) in [5, 5.41) is 10.9. The van der Waals surface area contributed by atoms with Crippen molar-refractivity contribution < 1.29 is 5.11 Å². The molecule has 0 bridgehead atoms. The number of aromatic hydroxyl groups is 1. The van der Waals surface area contributed by atoms with Crippen LogP contribution in [0.25, 0.3) is 11.6 Å². The number of rotatable bonds is 2. The number of aromatic amines is 1. The Kier molecular flexibility index (Phi) is 4.36. The Morgan fingerprint density at radius 3 is 2.77 bits per heavy atom. The van der Waals surface area contributed by atoms with Crippen LogP contribution in [-0.2, 0) is 0 Å². The maximum atomic E-state index is 12.5. The molecule has 5 nitrogen and oxygen atoms in total. The van der Waals surface area contributed by atoms with Crippen molar-refractivity contribution in [1.82, 2.24) is 9.55 Å². The van der Waals surface area contributed by atoms with Crippen molar-refractivity contribution in [3.63, 3.8) is 0 Å². The third-order valence-electron chi connectivity index (χ3n) is 5.25. The zero-order valence-electron chi connectivity index (χ0n) is 14.7. The highest BCUT2D eigenvalue weighted by Crippen LogP contribution is 2.37. The van der Waals surface area contributed by atoms with Crippen molar-refractivity contribution in [2.45, 2.75) is 45.1 Å². The first-order valence-corrected chi connectivity index (χ1v) is 9.41. The van der Waals surface area contributed by atoms with Crippen LogP contribution < -0.4 is 5.56 Å². The third kappa shape index (κ3) is 2.84. The molecule has 0 amide bonds. The molecular formula is C20H21N3O2S. The summed E-state index contributed by atoms with van der Waals surface area (Å²) in [7, 11) is 0. The van der Waals surface area contributed by atoms with Crippen molar-refractivity contribution in [1.29, 1.82) is 0 Å². The largest absolute Gasteiger partial charge is 0.494 e. The number of allylic oxidation sites excluding steroid dienone is 1. The van der Waals surface area contributed by atoms with Crippen LogP contribution in [0.3, 0.4) is 0 Å². The first kappa shape index (κ1) is 17.0. The first-order chi connectivity index (χ1) is 12.6. The van der Waals surface area contributed by atoms with E-state index in [1.807, 2.05) is 31.2 Å². The van der Waals surface area contributed by atoms with Gasteiger partial charge in [0.2, 0.25) is 5.88 Å². The predicted molar refractivity (Wildman–Crippen MR) is 107 cm³/mol. The fourth-order valence-corrected chi connectivity index (χ4v) is 4.25. The fraction of sp³-hybridized carbons (Fsp3) is 0.350. The summed E-state index contributed by atoms with van der Waals surface area (Å²) >= 11 is 5.34. The van der Waals surface area contributed by atoms with Crippen LogP contribution in [-0.4, -0.2) is 20.4 Å². The van der Waals surface area contributed by atoms with Gasteiger partial charge in [-0.3, -0.25) is 19.3 Å². The maximum Gasteiger partial charge on any atom is 0.262 e. The monoisotopic (exact) mass is 367 g/mol. The Morgan fingerprint density at radius 1 is 1.27 bits per heavy atom. The highest BCUT2D eigenvalue weighted by Gasteiger charge is 2.23. The molecule has 2 N–H and O–H groups in total. The number of nitrogens with one attached hydrogen (secondary N) is 1. The molecule has 2 aromatic rings. The van der Waals surface area contributed by atoms with Crippen LogP contribution in [0, 0.1) is 4.77 Å². The number of nitrogens with zero attached hydrogens (tertiary/aromatic N) is 2. The second-order valence-corrected chi connectivity index (χ2v) is 7.32. The highest BCUT2D eigenvalue weighted by molar-refractivity contribution is 7.71. The lowest BCUT2D eigenvalue weighted by atomic mass is 9.95. The van der Waals surface area contributed by atoms with E-state index in [0.717, 1.165) is 48.2 Å². The number of para-hydroxylation sites is 1. The summed E-state index contributed by atoms with van der Waals surface area (Å²) in [6, 6.07) is 7.93. The molecule has 1 aromatic carbocycles. The molecule has 134 valence electrons. The van der Waals surface area contributed by atoms with Crippen LogP contribution >= 0.6 is 12.2 Å². The van der Waals surface area contributed by atoms with E-state index >= 15 is 0 Å². The van der Waals surface area contributed by atoms with E-state index in [1.54, 1.807) is 10.6 Å². The molecular weight excluding hydrogens is 346 g/mol. The van der Waals surface area contributed by atoms with Crippen molar-refractivity contribution in [2.75, 3.05) is 0 Å². The van der Waals surface area contributed by atoms with E-state index in [-0.39, 0.29) is 23.0 Å². The number of hydrogen-bond donors (Lipinski definition) is 2. The van der Waals surface area contributed by atoms with Gasteiger partial charge in [0.05, 0.1) is 5.69 Å². The van der Waals surface area contributed by atoms with Gasteiger partial charge in [0.25, 0.3) is 5.56 Å². The smallest absolute Gasteiger partial charge is 0.262 e. The Bertz CT molecular complexity index is 1040. The number of fused-ring (bicyclic) bond motifs is 1. The Labute approximate surface area is 156 Å². The molecule has 26 heavy (non-hydrogen) atoms. The summed E-state index contributed by atoms with van der Waals surface area (Å²) in [4.78, 5) is 19.8. The molecule has 0 saturated heterocycles. The number of hydrogen-bond acceptors (Lipinski definition) is 4. The van der Waals surface area contributed by atoms with Gasteiger partial charge in [0.1, 0.15) is 5.56 Å². The minimum atomic E-state index is -0.371. The maximum absolute atomic E-state index is 12.5. The van der Waals surface area contributed by atoms with E-state index in [1.165, 1.54) is 6.42 Å². The van der Waals surface area contributed by atoms with E-state index in [4.69, 9.17) is 12.2 Å². The predicted octanol–water partition coefficient (Wildman–Crippen LogP) is 4.76. The summed E-state index contributed by atoms with van der Waals surface area (Å²) in [5.41, 5.74) is 3.41. The molecule has 1 aromatic heterocycles. The normalized spacial score (nSPS) is 18.8. The quantitative estimate of drug-likeness (QED) is 0.752. The number of aliphatic imine (C=N–C) groups is 1. The number of aromatic nitrogens is 2. The Hall–Kier alpha value is -2.47. The topological polar surface area (TPSA) is 70.4 Å². The fourth-order valence-electron chi connectivity index (χ4n) is 3.92. The van der Waals surface area contributed by atoms with E-state index in [9.17, 15) is 9.90 Å². The van der Waals surface area contributed by atoms with Crippen LogP contribution in [0.4, 0.5) is 5.69 Å². The molecule has 0 radical (unpaired) electrons. The minimum absolute atomic E-state index is 0.0460. The van der Waals surface area contributed by atoms with Crippen LogP contribution in [0.5, 0.6) is 5.88 Å². The van der Waals surface area contributed by atoms with Gasteiger partial charge in [-0.1, -0.05) is 37.5 Å². The Balaban J connectivity index is 1.87. The zero-order chi connectivity index (χ0) is 18.3. The molecule has 1 aliphatic carbocycles. The molecule has 2 aliphatic rings. The van der Waals surface area contributed by atoms with Gasteiger partial charge in [-0.2, -0.15) is 0 Å². The summed E-state index contributed by atoms with van der Waals surface area (Å²) in [5.74, 6) is -0.0460. The van der Waals surface area contributed by atoms with Crippen LogP contribution in [0.1, 0.15) is 56.2 Å². The van der Waals surface area contributed by atoms with E-state index in [0.29, 0.717) is 4.77 Å². The molecule has 1 fully saturated rings. The van der Waals surface area contributed by atoms with Gasteiger partial charge in [0, 0.05) is 22.9 Å². The number of benzene rings is 1. The molecule has 1 saturated carbocycles. The molecule has 0 atom stereocenters. The van der Waals surface area contributed by atoms with Crippen molar-refractivity contribution in [3.05, 3.63) is 50.5 Å². The standard InChI is InChI=1S/C20H21N3O2S/c1-12-15(14-9-5-6-10-17(14)21-12)11-16-18(24)22-20(26)23(19(16)25)13-7-3-2-4-8-13/h5-6,9-11,13,25H,2-4,7-8H2,1H3,(H,22,24,26)/b15-11-. The molecule has 4 rings (SSSR count). The van der Waals surface area contributed by atoms with E-state index < -0.39 is 0 Å². The lowest BCUT2D eigenvalue weighted by Gasteiger charge is -2.25. The van der Waals surface area contributed by atoms with Crippen LogP contribution in [0.2, 0.25) is 0 Å². The first-order valence-electron chi connectivity index (χ1n) is 9.01. The van der Waals surface area contributed by atoms with Gasteiger partial charge in [-0.15, -0.1) is 0 Å². The van der Waals surface area contributed by atoms with Crippen molar-refractivity contribution >= 4 is 35.3 Å². The lowest BCUT2D eigenvalue weighted by Crippen LogP contribution is -2.21. The summed E-state index contributed by atoms with van der Waals surface area (Å²) in [6.07, 6.45) is 7.09. The molecule has 2 heterocycles. The second kappa shape index (κ2) is 6.68. The molecule has 1 aliphatic heterocycles. The van der Waals surface area contributed by atoms with Gasteiger partial charge < -0.3 is 5.11 Å². The summed E-state index contributed by atoms with van der Waals surface area (Å²) in [6.45, 7) is 1.91. The van der Waals surface area contributed by atoms with Gasteiger partial charge in [-0.05, 0) is 44.1 Å². The average molecular weight is 367 g/mol. The SMILES string of the molecule is CC1=Nc2ccccc2/C1=C\c1c(O)n(C2CCCCC2)c(=S)[nH]c1=O. The Morgan fingerprint density at radius 2 is 2.00 bits per heavy atom. The van der Waals surface area contributed by atoms with Gasteiger partial charge >= 0.3 is 0 Å². The molecule has 0 spiro atoms. The van der Waals surface area contributed by atoms with Gasteiger partial charge in [0.15, 0.2) is 4.77 Å². The molecule has 0 unspecified atom stereocenters. The van der Waals surface area contributed by atoms with Crippen molar-refractivity contribution in [2.24, 2.45) is 4.99 Å². The summed E-state index contributed by atoms with van der Waals surface area (Å²) < 4.78 is 2.01. The average Bonchev–Trinajstić information content (AvgIpc) is 2.94. The van der Waals surface area contributed by atoms with Crippen molar-refractivity contribution in [3.8, 4) is 5.88 Å². The number of H-pyrrole nitrogens is 1. The highest BCUT2D eigenvalue weighted by atomic mass is 32.1.